The zero-order valence-electron chi connectivity index (χ0n) is 11.0. The number of rotatable bonds is 2. The number of piperidine rings is 1. The van der Waals surface area contributed by atoms with Crippen LogP contribution >= 0.6 is 0 Å². The lowest BCUT2D eigenvalue weighted by molar-refractivity contribution is -0.123. The fourth-order valence-electron chi connectivity index (χ4n) is 2.99. The highest BCUT2D eigenvalue weighted by atomic mass is 32.2. The minimum atomic E-state index is -3.57. The van der Waals surface area contributed by atoms with E-state index in [4.69, 9.17) is 5.73 Å². The third kappa shape index (κ3) is 2.06. The molecule has 3 rings (SSSR count). The van der Waals surface area contributed by atoms with Crippen LogP contribution in [0.4, 0.5) is 5.69 Å². The van der Waals surface area contributed by atoms with Gasteiger partial charge in [0.05, 0.1) is 16.9 Å². The van der Waals surface area contributed by atoms with Crippen LogP contribution in [0.2, 0.25) is 0 Å². The van der Waals surface area contributed by atoms with Gasteiger partial charge in [0.15, 0.2) is 0 Å². The van der Waals surface area contributed by atoms with Crippen molar-refractivity contribution < 1.29 is 13.2 Å². The summed E-state index contributed by atoms with van der Waals surface area (Å²) in [7, 11) is -3.57. The molecule has 2 aliphatic rings. The first-order valence-corrected chi connectivity index (χ1v) is 8.09. The maximum Gasteiger partial charge on any atom is 0.243 e. The topological polar surface area (TPSA) is 92.5 Å². The summed E-state index contributed by atoms with van der Waals surface area (Å²) in [4.78, 5) is 11.9. The maximum atomic E-state index is 12.7. The highest BCUT2D eigenvalue weighted by molar-refractivity contribution is 7.89. The van der Waals surface area contributed by atoms with Gasteiger partial charge in [-0.2, -0.15) is 4.31 Å². The van der Waals surface area contributed by atoms with Crippen LogP contribution in [0.5, 0.6) is 0 Å². The van der Waals surface area contributed by atoms with E-state index in [2.05, 4.69) is 5.32 Å². The number of hydrogen-bond acceptors (Lipinski definition) is 4. The van der Waals surface area contributed by atoms with Gasteiger partial charge >= 0.3 is 0 Å². The van der Waals surface area contributed by atoms with E-state index in [9.17, 15) is 13.2 Å². The third-order valence-corrected chi connectivity index (χ3v) is 5.98. The molecule has 0 saturated carbocycles. The Hall–Kier alpha value is -1.60. The summed E-state index contributed by atoms with van der Waals surface area (Å²) in [5.41, 5.74) is 6.12. The van der Waals surface area contributed by atoms with Gasteiger partial charge in [0.1, 0.15) is 0 Å². The molecule has 3 N–H and O–H groups in total. The fraction of sp³-hybridized carbons (Fsp3) is 0.462. The predicted octanol–water partition coefficient (Wildman–Crippen LogP) is 0.168. The molecule has 20 heavy (non-hydrogen) atoms. The fourth-order valence-corrected chi connectivity index (χ4v) is 4.68. The molecule has 1 aromatic rings. The standard InChI is InChI=1S/C13H17N3O3S/c14-9-3-5-10(6-4-9)20(18,19)16-7-1-2-11-12(16)8-15-13(11)17/h3-6,11-12H,1-2,7-8,14H2,(H,15,17). The van der Waals surface area contributed by atoms with Gasteiger partial charge in [0.25, 0.3) is 0 Å². The van der Waals surface area contributed by atoms with Crippen molar-refractivity contribution in [2.24, 2.45) is 5.92 Å². The Labute approximate surface area is 118 Å². The van der Waals surface area contributed by atoms with Crippen LogP contribution in [-0.2, 0) is 14.8 Å². The summed E-state index contributed by atoms with van der Waals surface area (Å²) >= 11 is 0. The number of nitrogens with zero attached hydrogens (tertiary/aromatic N) is 1. The second kappa shape index (κ2) is 4.75. The number of nitrogen functional groups attached to an aromatic ring is 1. The number of anilines is 1. The maximum absolute atomic E-state index is 12.7. The summed E-state index contributed by atoms with van der Waals surface area (Å²) in [5.74, 6) is -0.250. The van der Waals surface area contributed by atoms with Gasteiger partial charge < -0.3 is 11.1 Å². The van der Waals surface area contributed by atoms with E-state index in [1.165, 1.54) is 16.4 Å². The van der Waals surface area contributed by atoms with Crippen LogP contribution in [0.25, 0.3) is 0 Å². The van der Waals surface area contributed by atoms with Crippen LogP contribution < -0.4 is 11.1 Å². The highest BCUT2D eigenvalue weighted by Crippen LogP contribution is 2.31. The average molecular weight is 295 g/mol. The molecule has 0 spiro atoms. The number of benzene rings is 1. The molecule has 2 unspecified atom stereocenters. The molecule has 2 fully saturated rings. The van der Waals surface area contributed by atoms with Gasteiger partial charge in [0.2, 0.25) is 15.9 Å². The molecule has 0 radical (unpaired) electrons. The average Bonchev–Trinajstić information content (AvgIpc) is 2.81. The van der Waals surface area contributed by atoms with Gasteiger partial charge in [-0.1, -0.05) is 0 Å². The number of amides is 1. The zero-order chi connectivity index (χ0) is 14.3. The number of sulfonamides is 1. The van der Waals surface area contributed by atoms with Crippen molar-refractivity contribution in [3.8, 4) is 0 Å². The molecule has 108 valence electrons. The quantitative estimate of drug-likeness (QED) is 0.761. The van der Waals surface area contributed by atoms with Crippen LogP contribution in [0.15, 0.2) is 29.2 Å². The van der Waals surface area contributed by atoms with Gasteiger partial charge in [-0.3, -0.25) is 4.79 Å². The van der Waals surface area contributed by atoms with Crippen molar-refractivity contribution >= 4 is 21.6 Å². The van der Waals surface area contributed by atoms with Crippen molar-refractivity contribution in [1.29, 1.82) is 0 Å². The molecule has 6 nitrogen and oxygen atoms in total. The normalized spacial score (nSPS) is 27.1. The van der Waals surface area contributed by atoms with Crippen molar-refractivity contribution in [3.63, 3.8) is 0 Å². The molecule has 2 aliphatic heterocycles. The van der Waals surface area contributed by atoms with Crippen LogP contribution in [-0.4, -0.2) is 37.8 Å². The Kier molecular flexibility index (Phi) is 3.18. The summed E-state index contributed by atoms with van der Waals surface area (Å²) in [6.45, 7) is 0.862. The monoisotopic (exact) mass is 295 g/mol. The molecule has 2 saturated heterocycles. The second-order valence-corrected chi connectivity index (χ2v) is 7.14. The highest BCUT2D eigenvalue weighted by Gasteiger charge is 2.45. The van der Waals surface area contributed by atoms with Crippen molar-refractivity contribution in [1.82, 2.24) is 9.62 Å². The molecule has 2 atom stereocenters. The Balaban J connectivity index is 1.94. The Morgan fingerprint density at radius 2 is 1.95 bits per heavy atom. The van der Waals surface area contributed by atoms with E-state index in [1.807, 2.05) is 0 Å². The number of carbonyl (C=O) groups is 1. The lowest BCUT2D eigenvalue weighted by Crippen LogP contribution is -2.48. The molecule has 1 aromatic carbocycles. The molecule has 2 heterocycles. The van der Waals surface area contributed by atoms with Gasteiger partial charge in [-0.05, 0) is 37.1 Å². The van der Waals surface area contributed by atoms with E-state index in [0.29, 0.717) is 25.2 Å². The van der Waals surface area contributed by atoms with Crippen LogP contribution in [0, 0.1) is 5.92 Å². The van der Waals surface area contributed by atoms with E-state index >= 15 is 0 Å². The Morgan fingerprint density at radius 3 is 2.65 bits per heavy atom. The molecule has 0 bridgehead atoms. The SMILES string of the molecule is Nc1ccc(S(=O)(=O)N2CCCC3C(=O)NCC32)cc1. The minimum Gasteiger partial charge on any atom is -0.399 e. The first-order chi connectivity index (χ1) is 9.50. The van der Waals surface area contributed by atoms with E-state index < -0.39 is 10.0 Å². The lowest BCUT2D eigenvalue weighted by atomic mass is 9.93. The van der Waals surface area contributed by atoms with Crippen LogP contribution in [0.3, 0.4) is 0 Å². The zero-order valence-corrected chi connectivity index (χ0v) is 11.8. The van der Waals surface area contributed by atoms with E-state index in [1.54, 1.807) is 12.1 Å². The second-order valence-electron chi connectivity index (χ2n) is 5.25. The molecule has 0 aromatic heterocycles. The van der Waals surface area contributed by atoms with Gasteiger partial charge in [-0.25, -0.2) is 8.42 Å². The van der Waals surface area contributed by atoms with E-state index in [-0.39, 0.29) is 22.8 Å². The Morgan fingerprint density at radius 1 is 1.25 bits per heavy atom. The third-order valence-electron chi connectivity index (χ3n) is 4.04. The number of nitrogens with one attached hydrogen (secondary N) is 1. The number of hydrogen-bond donors (Lipinski definition) is 2. The van der Waals surface area contributed by atoms with Gasteiger partial charge in [0, 0.05) is 18.8 Å². The minimum absolute atomic E-state index is 0.0350. The number of nitrogens with two attached hydrogens (primary N) is 1. The van der Waals surface area contributed by atoms with Crippen molar-refractivity contribution in [3.05, 3.63) is 24.3 Å². The summed E-state index contributed by atoms with van der Waals surface area (Å²) < 4.78 is 26.9. The molecule has 1 amide bonds. The first-order valence-electron chi connectivity index (χ1n) is 6.65. The Bertz CT molecular complexity index is 627. The number of carbonyl (C=O) groups excluding carboxylic acids is 1. The predicted molar refractivity (Wildman–Crippen MR) is 74.3 cm³/mol. The lowest BCUT2D eigenvalue weighted by Gasteiger charge is -2.34. The van der Waals surface area contributed by atoms with Crippen LogP contribution in [0.1, 0.15) is 12.8 Å². The number of fused-ring (bicyclic) bond motifs is 1. The van der Waals surface area contributed by atoms with Crippen molar-refractivity contribution in [2.45, 2.75) is 23.8 Å². The molecule has 7 heteroatoms. The smallest absolute Gasteiger partial charge is 0.243 e. The van der Waals surface area contributed by atoms with Crippen molar-refractivity contribution in [2.75, 3.05) is 18.8 Å². The summed E-state index contributed by atoms with van der Waals surface area (Å²) in [5, 5.41) is 2.76. The summed E-state index contributed by atoms with van der Waals surface area (Å²) in [6.07, 6.45) is 1.47. The molecular formula is C13H17N3O3S. The largest absolute Gasteiger partial charge is 0.399 e. The molecular weight excluding hydrogens is 278 g/mol. The van der Waals surface area contributed by atoms with Gasteiger partial charge in [-0.15, -0.1) is 0 Å². The van der Waals surface area contributed by atoms with E-state index in [0.717, 1.165) is 6.42 Å². The summed E-state index contributed by atoms with van der Waals surface area (Å²) in [6, 6.07) is 5.91. The molecule has 0 aliphatic carbocycles. The first kappa shape index (κ1) is 13.4.